The molecule has 1 N–H and O–H groups in total. The molecule has 0 bridgehead atoms. The van der Waals surface area contributed by atoms with Crippen molar-refractivity contribution in [1.29, 1.82) is 5.41 Å². The summed E-state index contributed by atoms with van der Waals surface area (Å²) in [5.41, 5.74) is 1.64. The fourth-order valence-electron chi connectivity index (χ4n) is 3.03. The molecule has 152 valence electrons. The van der Waals surface area contributed by atoms with Crippen LogP contribution in [-0.2, 0) is 16.2 Å². The third-order valence-corrected chi connectivity index (χ3v) is 4.89. The van der Waals surface area contributed by atoms with Gasteiger partial charge in [-0.1, -0.05) is 35.9 Å². The van der Waals surface area contributed by atoms with E-state index in [4.69, 9.17) is 31.3 Å². The molecule has 2 aliphatic rings. The molecule has 8 heteroatoms. The zero-order valence-corrected chi connectivity index (χ0v) is 17.1. The van der Waals surface area contributed by atoms with E-state index in [-0.39, 0.29) is 18.0 Å². The summed E-state index contributed by atoms with van der Waals surface area (Å²) < 4.78 is 11.3. The van der Waals surface area contributed by atoms with Crippen LogP contribution in [0.25, 0.3) is 6.08 Å². The van der Waals surface area contributed by atoms with E-state index in [0.717, 1.165) is 5.56 Å². The van der Waals surface area contributed by atoms with Crippen molar-refractivity contribution in [2.75, 3.05) is 7.11 Å². The molecule has 0 saturated heterocycles. The Balaban J connectivity index is 1.57. The van der Waals surface area contributed by atoms with E-state index in [1.54, 1.807) is 43.3 Å². The molecule has 7 nitrogen and oxygen atoms in total. The maximum Gasteiger partial charge on any atom is 0.282 e. The van der Waals surface area contributed by atoms with Gasteiger partial charge in [-0.2, -0.15) is 4.99 Å². The fraction of sp³-hybridized carbons (Fsp3) is 0.136. The van der Waals surface area contributed by atoms with Crippen LogP contribution in [0, 0.1) is 5.41 Å². The Morgan fingerprint density at radius 1 is 1.23 bits per heavy atom. The number of fused-ring (bicyclic) bond motifs is 1. The van der Waals surface area contributed by atoms with Gasteiger partial charge in [-0.15, -0.1) is 5.06 Å². The second kappa shape index (κ2) is 8.04. The molecule has 0 atom stereocenters. The number of ether oxygens (including phenoxy) is 2. The van der Waals surface area contributed by atoms with Crippen LogP contribution in [0.5, 0.6) is 11.5 Å². The number of hydrogen-bond acceptors (Lipinski definition) is 5. The lowest BCUT2D eigenvalue weighted by Gasteiger charge is -2.23. The Morgan fingerprint density at radius 2 is 2.03 bits per heavy atom. The van der Waals surface area contributed by atoms with Crippen molar-refractivity contribution >= 4 is 35.3 Å². The van der Waals surface area contributed by atoms with Gasteiger partial charge in [0.1, 0.15) is 12.4 Å². The first-order valence-electron chi connectivity index (χ1n) is 9.10. The highest BCUT2D eigenvalue weighted by Crippen LogP contribution is 2.31. The summed E-state index contributed by atoms with van der Waals surface area (Å²) in [6.07, 6.45) is 3.18. The Morgan fingerprint density at radius 3 is 2.80 bits per heavy atom. The molecular weight excluding hydrogens is 406 g/mol. The van der Waals surface area contributed by atoms with Crippen molar-refractivity contribution in [1.82, 2.24) is 5.06 Å². The lowest BCUT2D eigenvalue weighted by molar-refractivity contribution is -0.114. The highest BCUT2D eigenvalue weighted by atomic mass is 35.5. The predicted octanol–water partition coefficient (Wildman–Crippen LogP) is 4.38. The van der Waals surface area contributed by atoms with E-state index in [0.29, 0.717) is 33.7 Å². The van der Waals surface area contributed by atoms with Crippen molar-refractivity contribution in [3.63, 3.8) is 0 Å². The first kappa shape index (κ1) is 19.7. The predicted molar refractivity (Wildman–Crippen MR) is 114 cm³/mol. The van der Waals surface area contributed by atoms with Gasteiger partial charge in [-0.3, -0.25) is 10.2 Å². The lowest BCUT2D eigenvalue weighted by atomic mass is 10.1. The van der Waals surface area contributed by atoms with Crippen molar-refractivity contribution in [3.8, 4) is 11.5 Å². The number of rotatable bonds is 5. The summed E-state index contributed by atoms with van der Waals surface area (Å²) in [6.45, 7) is 2.02. The third kappa shape index (κ3) is 3.79. The maximum atomic E-state index is 12.4. The van der Waals surface area contributed by atoms with Crippen molar-refractivity contribution in [2.45, 2.75) is 13.5 Å². The van der Waals surface area contributed by atoms with Crippen LogP contribution in [0.2, 0.25) is 5.02 Å². The third-order valence-electron chi connectivity index (χ3n) is 4.52. The summed E-state index contributed by atoms with van der Waals surface area (Å²) in [4.78, 5) is 21.8. The quantitative estimate of drug-likeness (QED) is 0.721. The molecule has 2 heterocycles. The Labute approximate surface area is 178 Å². The van der Waals surface area contributed by atoms with Gasteiger partial charge in [-0.25, -0.2) is 0 Å². The molecule has 2 aromatic rings. The van der Waals surface area contributed by atoms with Crippen molar-refractivity contribution in [2.24, 2.45) is 4.99 Å². The number of aliphatic imine (C=N–C) groups is 1. The van der Waals surface area contributed by atoms with Gasteiger partial charge in [0.05, 0.1) is 12.7 Å². The number of nitrogens with one attached hydrogen (secondary N) is 1. The summed E-state index contributed by atoms with van der Waals surface area (Å²) >= 11 is 6.17. The van der Waals surface area contributed by atoms with Crippen LogP contribution < -0.4 is 9.47 Å². The zero-order chi connectivity index (χ0) is 21.3. The van der Waals surface area contributed by atoms with Gasteiger partial charge in [0.25, 0.3) is 5.91 Å². The largest absolute Gasteiger partial charge is 0.493 e. The van der Waals surface area contributed by atoms with E-state index in [9.17, 15) is 4.79 Å². The number of carbonyl (C=O) groups is 1. The van der Waals surface area contributed by atoms with E-state index in [1.807, 2.05) is 18.2 Å². The summed E-state index contributed by atoms with van der Waals surface area (Å²) in [5.74, 6) is 1.32. The number of nitrogens with zero attached hydrogens (tertiary/aromatic N) is 2. The van der Waals surface area contributed by atoms with Crippen LogP contribution >= 0.6 is 11.6 Å². The molecule has 0 saturated carbocycles. The van der Waals surface area contributed by atoms with Gasteiger partial charge in [0, 0.05) is 16.7 Å². The van der Waals surface area contributed by atoms with Crippen LogP contribution in [0.1, 0.15) is 18.1 Å². The highest BCUT2D eigenvalue weighted by molar-refractivity contribution is 6.32. The van der Waals surface area contributed by atoms with Gasteiger partial charge in [-0.05, 0) is 36.8 Å². The minimum absolute atomic E-state index is 0.0730. The van der Waals surface area contributed by atoms with E-state index >= 15 is 0 Å². The number of methoxy groups -OCH3 is 1. The molecule has 2 aromatic carbocycles. The monoisotopic (exact) mass is 423 g/mol. The van der Waals surface area contributed by atoms with Gasteiger partial charge in [0.15, 0.2) is 23.2 Å². The topological polar surface area (TPSA) is 84.2 Å². The smallest absolute Gasteiger partial charge is 0.282 e. The molecule has 2 aliphatic heterocycles. The van der Waals surface area contributed by atoms with E-state index in [2.05, 4.69) is 4.99 Å². The SMILES string of the molecule is COc1cc(/C=C2/C(=N)N3OC(C)=CC3=NC2=O)ccc1OCc1ccccc1Cl. The Bertz CT molecular complexity index is 1140. The lowest BCUT2D eigenvalue weighted by Crippen LogP contribution is -2.38. The fourth-order valence-corrected chi connectivity index (χ4v) is 3.22. The minimum atomic E-state index is -0.501. The molecule has 0 spiro atoms. The van der Waals surface area contributed by atoms with Crippen LogP contribution in [0.4, 0.5) is 0 Å². The number of amidine groups is 2. The van der Waals surface area contributed by atoms with Crippen LogP contribution in [-0.4, -0.2) is 29.8 Å². The van der Waals surface area contributed by atoms with Gasteiger partial charge >= 0.3 is 0 Å². The number of hydroxylamine groups is 2. The van der Waals surface area contributed by atoms with Gasteiger partial charge in [0.2, 0.25) is 0 Å². The average molecular weight is 424 g/mol. The molecular formula is C22H18ClN3O4. The van der Waals surface area contributed by atoms with Crippen LogP contribution in [0.3, 0.4) is 0 Å². The number of allylic oxidation sites excluding steroid dienone is 1. The molecule has 30 heavy (non-hydrogen) atoms. The molecule has 0 aromatic heterocycles. The summed E-state index contributed by atoms with van der Waals surface area (Å²) in [7, 11) is 1.53. The number of carbonyl (C=O) groups excluding carboxylic acids is 1. The number of hydrogen-bond donors (Lipinski definition) is 1. The molecule has 0 radical (unpaired) electrons. The van der Waals surface area contributed by atoms with Crippen molar-refractivity contribution < 1.29 is 19.1 Å². The molecule has 0 aliphatic carbocycles. The van der Waals surface area contributed by atoms with Crippen molar-refractivity contribution in [3.05, 3.63) is 76.0 Å². The molecule has 0 fully saturated rings. The standard InChI is InChI=1S/C22H18ClN3O4/c1-13-9-20-25-22(27)16(21(24)26(20)30-13)10-14-7-8-18(19(11-14)28-2)29-12-15-5-3-4-6-17(15)23/h3-11,24H,12H2,1-2H3/b16-10-,24-21?. The molecule has 4 rings (SSSR count). The minimum Gasteiger partial charge on any atom is -0.493 e. The van der Waals surface area contributed by atoms with E-state index in [1.165, 1.54) is 12.2 Å². The number of amides is 1. The summed E-state index contributed by atoms with van der Waals surface area (Å²) in [5, 5.41) is 10.1. The number of halogens is 1. The van der Waals surface area contributed by atoms with Gasteiger partial charge < -0.3 is 14.3 Å². The normalized spacial score (nSPS) is 16.8. The average Bonchev–Trinajstić information content (AvgIpc) is 3.11. The number of benzene rings is 2. The molecule has 0 unspecified atom stereocenters. The Kier molecular flexibility index (Phi) is 5.29. The van der Waals surface area contributed by atoms with E-state index < -0.39 is 5.91 Å². The maximum absolute atomic E-state index is 12.4. The highest BCUT2D eigenvalue weighted by Gasteiger charge is 2.34. The second-order valence-corrected chi connectivity index (χ2v) is 7.02. The Hall–Kier alpha value is -3.58. The first-order valence-corrected chi connectivity index (χ1v) is 9.48. The first-order chi connectivity index (χ1) is 14.5. The van der Waals surface area contributed by atoms with Crippen LogP contribution in [0.15, 0.2) is 64.9 Å². The second-order valence-electron chi connectivity index (χ2n) is 6.61. The molecule has 1 amide bonds. The zero-order valence-electron chi connectivity index (χ0n) is 16.3. The summed E-state index contributed by atoms with van der Waals surface area (Å²) in [6, 6.07) is 12.7.